The Morgan fingerprint density at radius 2 is 2.19 bits per heavy atom. The van der Waals surface area contributed by atoms with Crippen molar-refractivity contribution in [1.29, 1.82) is 0 Å². The predicted octanol–water partition coefficient (Wildman–Crippen LogP) is 2.10. The predicted molar refractivity (Wildman–Crippen MR) is 72.7 cm³/mol. The summed E-state index contributed by atoms with van der Waals surface area (Å²) in [4.78, 5) is 6.42. The summed E-state index contributed by atoms with van der Waals surface area (Å²) < 4.78 is 0.943. The Balaban J connectivity index is 2.78. The molecule has 0 aliphatic rings. The molecule has 0 aliphatic carbocycles. The number of anilines is 2. The molecule has 3 N–H and O–H groups in total. The van der Waals surface area contributed by atoms with Crippen LogP contribution in [0.3, 0.4) is 0 Å². The number of hydrogen-bond donors (Lipinski definition) is 2. The van der Waals surface area contributed by atoms with E-state index in [1.807, 2.05) is 6.92 Å². The summed E-state index contributed by atoms with van der Waals surface area (Å²) in [6.45, 7) is 5.06. The van der Waals surface area contributed by atoms with Crippen molar-refractivity contribution in [1.82, 2.24) is 9.88 Å². The number of halogens is 1. The SMILES string of the molecule is Cc1c(N)cnc(NC(C)CN(C)C)c1Br. The summed E-state index contributed by atoms with van der Waals surface area (Å²) in [5.41, 5.74) is 7.50. The zero-order valence-corrected chi connectivity index (χ0v) is 11.8. The number of nitrogens with two attached hydrogens (primary N) is 1. The molecule has 1 aromatic heterocycles. The van der Waals surface area contributed by atoms with Crippen molar-refractivity contribution in [2.75, 3.05) is 31.7 Å². The van der Waals surface area contributed by atoms with Crippen molar-refractivity contribution in [3.8, 4) is 0 Å². The van der Waals surface area contributed by atoms with Gasteiger partial charge < -0.3 is 16.0 Å². The lowest BCUT2D eigenvalue weighted by Crippen LogP contribution is -2.30. The van der Waals surface area contributed by atoms with Crippen molar-refractivity contribution in [2.24, 2.45) is 0 Å². The fraction of sp³-hybridized carbons (Fsp3) is 0.545. The van der Waals surface area contributed by atoms with Crippen LogP contribution < -0.4 is 11.1 Å². The van der Waals surface area contributed by atoms with E-state index in [1.54, 1.807) is 6.20 Å². The summed E-state index contributed by atoms with van der Waals surface area (Å²) in [5.74, 6) is 0.848. The highest BCUT2D eigenvalue weighted by Crippen LogP contribution is 2.27. The molecule has 0 saturated carbocycles. The van der Waals surface area contributed by atoms with Gasteiger partial charge in [0.25, 0.3) is 0 Å². The Labute approximate surface area is 105 Å². The minimum absolute atomic E-state index is 0.335. The minimum atomic E-state index is 0.335. The van der Waals surface area contributed by atoms with E-state index in [1.165, 1.54) is 0 Å². The Morgan fingerprint density at radius 3 is 2.75 bits per heavy atom. The van der Waals surface area contributed by atoms with Crippen molar-refractivity contribution >= 4 is 27.4 Å². The molecule has 0 amide bonds. The molecule has 0 radical (unpaired) electrons. The zero-order valence-electron chi connectivity index (χ0n) is 10.2. The van der Waals surface area contributed by atoms with E-state index < -0.39 is 0 Å². The van der Waals surface area contributed by atoms with Crippen molar-refractivity contribution in [3.05, 3.63) is 16.2 Å². The van der Waals surface area contributed by atoms with Gasteiger partial charge in [-0.1, -0.05) is 0 Å². The first-order chi connectivity index (χ1) is 7.41. The van der Waals surface area contributed by atoms with Crippen molar-refractivity contribution in [3.63, 3.8) is 0 Å². The number of nitrogen functional groups attached to an aromatic ring is 1. The van der Waals surface area contributed by atoms with E-state index in [9.17, 15) is 0 Å². The van der Waals surface area contributed by atoms with Gasteiger partial charge in [-0.05, 0) is 49.4 Å². The third-order valence-electron chi connectivity index (χ3n) is 2.33. The second-order valence-corrected chi connectivity index (χ2v) is 5.10. The molecule has 0 fully saturated rings. The molecule has 16 heavy (non-hydrogen) atoms. The van der Waals surface area contributed by atoms with Crippen molar-refractivity contribution in [2.45, 2.75) is 19.9 Å². The molecule has 1 heterocycles. The van der Waals surface area contributed by atoms with Crippen LogP contribution in [0.4, 0.5) is 11.5 Å². The maximum Gasteiger partial charge on any atom is 0.140 e. The number of nitrogens with one attached hydrogen (secondary N) is 1. The van der Waals surface area contributed by atoms with Crippen LogP contribution in [0, 0.1) is 6.92 Å². The van der Waals surface area contributed by atoms with E-state index in [2.05, 4.69) is 52.1 Å². The average molecular weight is 287 g/mol. The van der Waals surface area contributed by atoms with Crippen LogP contribution in [0.2, 0.25) is 0 Å². The Hall–Kier alpha value is -0.810. The first-order valence-electron chi connectivity index (χ1n) is 5.23. The highest BCUT2D eigenvalue weighted by Gasteiger charge is 2.10. The van der Waals surface area contributed by atoms with Gasteiger partial charge in [-0.15, -0.1) is 0 Å². The molecule has 0 spiro atoms. The third-order valence-corrected chi connectivity index (χ3v) is 3.30. The number of likely N-dealkylation sites (N-methyl/N-ethyl adjacent to an activating group) is 1. The molecule has 0 aliphatic heterocycles. The molecular weight excluding hydrogens is 268 g/mol. The van der Waals surface area contributed by atoms with Gasteiger partial charge in [-0.2, -0.15) is 0 Å². The highest BCUT2D eigenvalue weighted by molar-refractivity contribution is 9.10. The van der Waals surface area contributed by atoms with Gasteiger partial charge in [0.1, 0.15) is 5.82 Å². The molecule has 0 aromatic carbocycles. The number of rotatable bonds is 4. The normalized spacial score (nSPS) is 12.9. The minimum Gasteiger partial charge on any atom is -0.397 e. The van der Waals surface area contributed by atoms with Gasteiger partial charge in [0.15, 0.2) is 0 Å². The number of hydrogen-bond acceptors (Lipinski definition) is 4. The lowest BCUT2D eigenvalue weighted by Gasteiger charge is -2.20. The number of pyridine rings is 1. The van der Waals surface area contributed by atoms with Crippen LogP contribution in [0.5, 0.6) is 0 Å². The largest absolute Gasteiger partial charge is 0.397 e. The lowest BCUT2D eigenvalue weighted by atomic mass is 10.2. The molecule has 1 atom stereocenters. The van der Waals surface area contributed by atoms with Crippen LogP contribution in [-0.2, 0) is 0 Å². The Kier molecular flexibility index (Phi) is 4.56. The van der Waals surface area contributed by atoms with Crippen LogP contribution >= 0.6 is 15.9 Å². The van der Waals surface area contributed by atoms with E-state index in [4.69, 9.17) is 5.73 Å². The summed E-state index contributed by atoms with van der Waals surface area (Å²) in [7, 11) is 4.10. The molecule has 1 aromatic rings. The first kappa shape index (κ1) is 13.3. The molecule has 90 valence electrons. The molecule has 0 bridgehead atoms. The van der Waals surface area contributed by atoms with E-state index in [0.29, 0.717) is 11.7 Å². The number of aromatic nitrogens is 1. The Bertz CT molecular complexity index is 365. The van der Waals surface area contributed by atoms with Crippen molar-refractivity contribution < 1.29 is 0 Å². The van der Waals surface area contributed by atoms with Gasteiger partial charge in [-0.25, -0.2) is 4.98 Å². The van der Waals surface area contributed by atoms with E-state index >= 15 is 0 Å². The van der Waals surface area contributed by atoms with Crippen LogP contribution in [0.15, 0.2) is 10.7 Å². The van der Waals surface area contributed by atoms with Crippen LogP contribution in [-0.4, -0.2) is 36.6 Å². The van der Waals surface area contributed by atoms with E-state index in [0.717, 1.165) is 22.4 Å². The molecule has 1 rings (SSSR count). The van der Waals surface area contributed by atoms with Crippen LogP contribution in [0.1, 0.15) is 12.5 Å². The maximum atomic E-state index is 5.77. The summed E-state index contributed by atoms with van der Waals surface area (Å²) in [6, 6.07) is 0.335. The molecule has 0 saturated heterocycles. The highest BCUT2D eigenvalue weighted by atomic mass is 79.9. The lowest BCUT2D eigenvalue weighted by molar-refractivity contribution is 0.392. The fourth-order valence-electron chi connectivity index (χ4n) is 1.52. The van der Waals surface area contributed by atoms with Gasteiger partial charge >= 0.3 is 0 Å². The average Bonchev–Trinajstić information content (AvgIpc) is 2.18. The molecule has 4 nitrogen and oxygen atoms in total. The van der Waals surface area contributed by atoms with Gasteiger partial charge in [0.05, 0.1) is 16.4 Å². The maximum absolute atomic E-state index is 5.77. The zero-order chi connectivity index (χ0) is 12.3. The van der Waals surface area contributed by atoms with E-state index in [-0.39, 0.29) is 0 Å². The standard InChI is InChI=1S/C11H19BrN4/c1-7(6-16(3)4)15-11-10(12)8(2)9(13)5-14-11/h5,7H,6,13H2,1-4H3,(H,14,15). The first-order valence-corrected chi connectivity index (χ1v) is 6.03. The van der Waals surface area contributed by atoms with Gasteiger partial charge in [-0.3, -0.25) is 0 Å². The quantitative estimate of drug-likeness (QED) is 0.890. The third kappa shape index (κ3) is 3.35. The second kappa shape index (κ2) is 5.50. The molecule has 5 heteroatoms. The van der Waals surface area contributed by atoms with Gasteiger partial charge in [0, 0.05) is 12.6 Å². The summed E-state index contributed by atoms with van der Waals surface area (Å²) >= 11 is 3.51. The summed E-state index contributed by atoms with van der Waals surface area (Å²) in [5, 5.41) is 3.35. The molecular formula is C11H19BrN4. The summed E-state index contributed by atoms with van der Waals surface area (Å²) in [6.07, 6.45) is 1.69. The smallest absolute Gasteiger partial charge is 0.140 e. The Morgan fingerprint density at radius 1 is 1.56 bits per heavy atom. The fourth-order valence-corrected chi connectivity index (χ4v) is 1.97. The monoisotopic (exact) mass is 286 g/mol. The van der Waals surface area contributed by atoms with Gasteiger partial charge in [0.2, 0.25) is 0 Å². The second-order valence-electron chi connectivity index (χ2n) is 4.31. The molecule has 1 unspecified atom stereocenters. The topological polar surface area (TPSA) is 54.2 Å². The van der Waals surface area contributed by atoms with Crippen LogP contribution in [0.25, 0.3) is 0 Å². The number of nitrogens with zero attached hydrogens (tertiary/aromatic N) is 2.